The van der Waals surface area contributed by atoms with Crippen LogP contribution in [0.1, 0.15) is 35.2 Å². The van der Waals surface area contributed by atoms with Crippen molar-refractivity contribution in [2.24, 2.45) is 13.0 Å². The van der Waals surface area contributed by atoms with Crippen LogP contribution < -0.4 is 36.0 Å². The molecule has 0 spiro atoms. The van der Waals surface area contributed by atoms with Gasteiger partial charge in [-0.1, -0.05) is 54.1 Å². The van der Waals surface area contributed by atoms with Gasteiger partial charge in [0.15, 0.2) is 23.0 Å². The molecule has 1 saturated heterocycles. The first-order valence-corrected chi connectivity index (χ1v) is 20.5. The molecule has 1 saturated carbocycles. The minimum atomic E-state index is -1.56. The number of rotatable bonds is 9. The van der Waals surface area contributed by atoms with E-state index in [-0.39, 0.29) is 47.6 Å². The Balaban J connectivity index is 1.20. The van der Waals surface area contributed by atoms with Gasteiger partial charge in [-0.15, -0.1) is 0 Å². The zero-order valence-electron chi connectivity index (χ0n) is 33.3. The number of carbonyl (C=O) groups excluding carboxylic acids is 2. The van der Waals surface area contributed by atoms with Crippen LogP contribution in [0, 0.1) is 5.92 Å². The van der Waals surface area contributed by atoms with Gasteiger partial charge in [-0.25, -0.2) is 33.4 Å². The highest BCUT2D eigenvalue weighted by molar-refractivity contribution is 9.10. The van der Waals surface area contributed by atoms with Gasteiger partial charge in [0.1, 0.15) is 5.69 Å². The fourth-order valence-electron chi connectivity index (χ4n) is 9.63. The van der Waals surface area contributed by atoms with Crippen LogP contribution >= 0.6 is 27.5 Å². The third kappa shape index (κ3) is 5.90. The van der Waals surface area contributed by atoms with Crippen LogP contribution in [0.4, 0.5) is 5.69 Å². The number of aryl methyl sites for hydroxylation is 2. The Bertz CT molecular complexity index is 3050. The van der Waals surface area contributed by atoms with Crippen molar-refractivity contribution in [1.82, 2.24) is 23.5 Å². The molecule has 4 heterocycles. The maximum atomic E-state index is 15.5. The second-order valence-electron chi connectivity index (χ2n) is 15.2. The number of hydrogen-bond donors (Lipinski definition) is 1. The number of aromatic hydroxyl groups is 1. The lowest BCUT2D eigenvalue weighted by molar-refractivity contribution is -0.124. The molecule has 2 aliphatic heterocycles. The average molecular weight is 910 g/mol. The summed E-state index contributed by atoms with van der Waals surface area (Å²) < 4.78 is 21.9. The number of allylic oxidation sites excluding steroid dienone is 2. The van der Waals surface area contributed by atoms with Crippen molar-refractivity contribution in [3.63, 3.8) is 0 Å². The minimum absolute atomic E-state index is 0.0172. The van der Waals surface area contributed by atoms with Crippen molar-refractivity contribution in [2.75, 3.05) is 26.2 Å². The summed E-state index contributed by atoms with van der Waals surface area (Å²) in [7, 11) is 6.00. The number of ether oxygens (including phenoxy) is 3. The number of phenolic OH excluding ortho intramolecular Hbond substituents is 1. The summed E-state index contributed by atoms with van der Waals surface area (Å²) in [5, 5.41) is 11.3. The summed E-state index contributed by atoms with van der Waals surface area (Å²) >= 11 is 9.90. The number of nitrogens with zero attached hydrogens (tertiary/aromatic N) is 6. The Hall–Kier alpha value is -6.39. The number of imide groups is 1. The van der Waals surface area contributed by atoms with Crippen molar-refractivity contribution >= 4 is 56.1 Å². The van der Waals surface area contributed by atoms with Gasteiger partial charge in [0.05, 0.1) is 66.4 Å². The summed E-state index contributed by atoms with van der Waals surface area (Å²) in [6, 6.07) is 21.3. The molecule has 2 aromatic heterocycles. The van der Waals surface area contributed by atoms with Crippen LogP contribution in [-0.2, 0) is 41.6 Å². The summed E-state index contributed by atoms with van der Waals surface area (Å²) in [6.07, 6.45) is 1.78. The number of phenols is 1. The summed E-state index contributed by atoms with van der Waals surface area (Å²) in [4.78, 5) is 78.8. The second-order valence-corrected chi connectivity index (χ2v) is 16.5. The molecule has 3 aliphatic rings. The number of aromatic nitrogens is 5. The van der Waals surface area contributed by atoms with Crippen LogP contribution in [0.15, 0.2) is 109 Å². The quantitative estimate of drug-likeness (QED) is 0.150. The molecule has 0 bridgehead atoms. The lowest BCUT2D eigenvalue weighted by Gasteiger charge is -2.49. The predicted octanol–water partition coefficient (Wildman–Crippen LogP) is 5.24. The van der Waals surface area contributed by atoms with Crippen molar-refractivity contribution in [2.45, 2.75) is 43.3 Å². The van der Waals surface area contributed by atoms with Gasteiger partial charge >= 0.3 is 11.4 Å². The molecule has 6 aromatic rings. The number of hydrogen-bond acceptors (Lipinski definition) is 10. The molecule has 4 atom stereocenters. The summed E-state index contributed by atoms with van der Waals surface area (Å²) in [5.74, 6) is -2.14. The van der Waals surface area contributed by atoms with E-state index in [0.717, 1.165) is 4.57 Å². The van der Waals surface area contributed by atoms with Gasteiger partial charge in [0.25, 0.3) is 5.56 Å². The number of anilines is 1. The molecule has 9 rings (SSSR count). The molecule has 4 aromatic carbocycles. The highest BCUT2D eigenvalue weighted by atomic mass is 79.9. The van der Waals surface area contributed by atoms with E-state index >= 15 is 9.59 Å². The molecule has 17 heteroatoms. The second kappa shape index (κ2) is 15.0. The Morgan fingerprint density at radius 3 is 2.31 bits per heavy atom. The number of benzene rings is 4. The van der Waals surface area contributed by atoms with Crippen LogP contribution in [0.25, 0.3) is 11.0 Å². The maximum absolute atomic E-state index is 15.5. The van der Waals surface area contributed by atoms with E-state index in [0.29, 0.717) is 49.9 Å². The van der Waals surface area contributed by atoms with Crippen LogP contribution in [0.3, 0.4) is 0 Å². The first kappa shape index (κ1) is 40.0. The topological polar surface area (TPSA) is 169 Å². The van der Waals surface area contributed by atoms with Crippen LogP contribution in [0.2, 0.25) is 5.02 Å². The Labute approximate surface area is 360 Å². The minimum Gasteiger partial charge on any atom is -0.503 e. The summed E-state index contributed by atoms with van der Waals surface area (Å²) in [6.45, 7) is -0.205. The first-order chi connectivity index (χ1) is 29.3. The van der Waals surface area contributed by atoms with E-state index in [2.05, 4.69) is 20.9 Å². The zero-order chi connectivity index (χ0) is 43.1. The number of fused-ring (bicyclic) bond motifs is 5. The Morgan fingerprint density at radius 2 is 1.61 bits per heavy atom. The van der Waals surface area contributed by atoms with Crippen molar-refractivity contribution in [3.8, 4) is 23.0 Å². The highest BCUT2D eigenvalue weighted by Crippen LogP contribution is 2.63. The molecular weight excluding hydrogens is 872 g/mol. The molecule has 61 heavy (non-hydrogen) atoms. The Kier molecular flexibility index (Phi) is 9.82. The SMILES string of the molecule is COc1cc2nc(CCn3c(=O)n4n(c3=O)[C@@H]3C[C@H]5C(=O)N(c6cccc(Cl)c6)C(=O)[C@@]5(c5ccccc5)[C@@H](c5cc(Br)c(O)c(OC)c5)C3=CC4)c(=O)n(C)c2cc1OC. The average Bonchev–Trinajstić information content (AvgIpc) is 3.65. The fourth-order valence-corrected chi connectivity index (χ4v) is 10.3. The van der Waals surface area contributed by atoms with Crippen molar-refractivity contribution < 1.29 is 28.9 Å². The summed E-state index contributed by atoms with van der Waals surface area (Å²) in [5.41, 5.74) is -0.111. The third-order valence-corrected chi connectivity index (χ3v) is 13.2. The van der Waals surface area contributed by atoms with Crippen molar-refractivity contribution in [3.05, 3.63) is 148 Å². The first-order valence-electron chi connectivity index (χ1n) is 19.3. The zero-order valence-corrected chi connectivity index (χ0v) is 35.6. The van der Waals surface area contributed by atoms with Gasteiger partial charge in [-0.2, -0.15) is 0 Å². The van der Waals surface area contributed by atoms with Gasteiger partial charge < -0.3 is 23.9 Å². The molecule has 2 fully saturated rings. The molecule has 0 radical (unpaired) electrons. The molecule has 312 valence electrons. The van der Waals surface area contributed by atoms with E-state index in [1.165, 1.54) is 40.2 Å². The smallest absolute Gasteiger partial charge is 0.347 e. The van der Waals surface area contributed by atoms with E-state index in [4.69, 9.17) is 25.8 Å². The predicted molar refractivity (Wildman–Crippen MR) is 229 cm³/mol. The molecule has 2 amide bonds. The van der Waals surface area contributed by atoms with E-state index in [9.17, 15) is 19.5 Å². The number of carbonyl (C=O) groups is 2. The number of amides is 2. The molecule has 1 N–H and O–H groups in total. The van der Waals surface area contributed by atoms with Crippen LogP contribution in [-0.4, -0.2) is 61.7 Å². The molecule has 0 unspecified atom stereocenters. The number of halogens is 2. The third-order valence-electron chi connectivity index (χ3n) is 12.3. The normalized spacial score (nSPS) is 20.6. The molecule has 15 nitrogen and oxygen atoms in total. The van der Waals surface area contributed by atoms with E-state index in [1.807, 2.05) is 24.3 Å². The van der Waals surface area contributed by atoms with Crippen LogP contribution in [0.5, 0.6) is 23.0 Å². The van der Waals surface area contributed by atoms with Gasteiger partial charge in [-0.05, 0) is 69.4 Å². The standard InChI is InChI=1S/C44H38BrClN6O9/c1-48-33-22-35(60-3)34(59-2)21-31(33)47-30(40(48)55)14-15-49-42(57)50-16-13-27-32(52(50)43(49)58)20-28-39(54)51(26-12-8-11-25(46)19-26)41(56)44(28,24-9-6-5-7-10-24)37(27)23-17-29(45)38(53)36(18-23)61-4/h5-13,17-19,21-22,28,32,37,53H,14-16,20H2,1-4H3/t28-,32+,37-,44+/m0/s1. The van der Waals surface area contributed by atoms with E-state index < -0.39 is 52.0 Å². The van der Waals surface area contributed by atoms with Gasteiger partial charge in [-0.3, -0.25) is 14.4 Å². The van der Waals surface area contributed by atoms with Gasteiger partial charge in [0, 0.05) is 43.1 Å². The lowest BCUT2D eigenvalue weighted by atomic mass is 9.53. The number of methoxy groups -OCH3 is 3. The lowest BCUT2D eigenvalue weighted by Crippen LogP contribution is -2.53. The maximum Gasteiger partial charge on any atom is 0.347 e. The van der Waals surface area contributed by atoms with Gasteiger partial charge in [0.2, 0.25) is 11.8 Å². The largest absolute Gasteiger partial charge is 0.503 e. The fraction of sp³-hybridized carbons (Fsp3) is 0.273. The molecule has 1 aliphatic carbocycles. The van der Waals surface area contributed by atoms with E-state index in [1.54, 1.807) is 67.7 Å². The monoisotopic (exact) mass is 908 g/mol. The highest BCUT2D eigenvalue weighted by Gasteiger charge is 2.68. The molecular formula is C44H38BrClN6O9. The Morgan fingerprint density at radius 1 is 0.885 bits per heavy atom. The van der Waals surface area contributed by atoms with Crippen molar-refractivity contribution in [1.29, 1.82) is 0 Å².